The minimum absolute atomic E-state index is 0.0269. The van der Waals surface area contributed by atoms with E-state index in [0.29, 0.717) is 19.7 Å². The minimum atomic E-state index is -3.03. The largest absolute Gasteiger partial charge is 0.433 e. The first-order valence-electron chi connectivity index (χ1n) is 8.97. The van der Waals surface area contributed by atoms with Crippen LogP contribution in [0, 0.1) is 5.82 Å². The lowest BCUT2D eigenvalue weighted by Crippen LogP contribution is -2.46. The molecule has 1 fully saturated rings. The van der Waals surface area contributed by atoms with Gasteiger partial charge in [-0.15, -0.1) is 11.3 Å². The van der Waals surface area contributed by atoms with Gasteiger partial charge in [0.25, 0.3) is 5.91 Å². The molecule has 3 rings (SSSR count). The van der Waals surface area contributed by atoms with Gasteiger partial charge >= 0.3 is 6.61 Å². The topological polar surface area (TPSA) is 50.8 Å². The number of morpholine rings is 1. The molecule has 2 unspecified atom stereocenters. The van der Waals surface area contributed by atoms with Gasteiger partial charge in [-0.05, 0) is 30.5 Å². The fourth-order valence-corrected chi connectivity index (χ4v) is 4.32. The summed E-state index contributed by atoms with van der Waals surface area (Å²) < 4.78 is 49.6. The molecule has 0 saturated carbocycles. The third-order valence-corrected chi connectivity index (χ3v) is 5.78. The summed E-state index contributed by atoms with van der Waals surface area (Å²) in [5.74, 6) is -1.24. The molecule has 0 bridgehead atoms. The van der Waals surface area contributed by atoms with Gasteiger partial charge in [-0.3, -0.25) is 9.69 Å². The summed E-state index contributed by atoms with van der Waals surface area (Å²) in [6.45, 7) is 0.450. The van der Waals surface area contributed by atoms with Crippen molar-refractivity contribution in [2.45, 2.75) is 25.7 Å². The molecule has 158 valence electrons. The molecular weight excluding hydrogens is 429 g/mol. The van der Waals surface area contributed by atoms with Gasteiger partial charge in [-0.1, -0.05) is 17.7 Å². The predicted molar refractivity (Wildman–Crippen MR) is 104 cm³/mol. The number of ether oxygens (including phenoxy) is 2. The van der Waals surface area contributed by atoms with E-state index in [1.54, 1.807) is 6.07 Å². The van der Waals surface area contributed by atoms with Crippen LogP contribution in [0.1, 0.15) is 28.2 Å². The van der Waals surface area contributed by atoms with E-state index in [9.17, 15) is 18.0 Å². The first-order valence-corrected chi connectivity index (χ1v) is 10.2. The summed E-state index contributed by atoms with van der Waals surface area (Å²) in [5, 5.41) is 4.44. The molecule has 2 heterocycles. The fourth-order valence-electron chi connectivity index (χ4n) is 3.29. The van der Waals surface area contributed by atoms with Crippen molar-refractivity contribution in [1.82, 2.24) is 10.2 Å². The number of carbonyl (C=O) groups excluding carboxylic acids is 1. The third-order valence-electron chi connectivity index (χ3n) is 4.55. The number of rotatable bonds is 7. The van der Waals surface area contributed by atoms with Gasteiger partial charge in [-0.2, -0.15) is 8.78 Å². The highest BCUT2D eigenvalue weighted by molar-refractivity contribution is 7.12. The normalized spacial score (nSPS) is 18.6. The molecule has 2 atom stereocenters. The van der Waals surface area contributed by atoms with Gasteiger partial charge in [-0.25, -0.2) is 4.39 Å². The molecule has 10 heteroatoms. The van der Waals surface area contributed by atoms with E-state index in [2.05, 4.69) is 10.1 Å². The number of thiophene rings is 1. The van der Waals surface area contributed by atoms with E-state index < -0.39 is 24.4 Å². The van der Waals surface area contributed by atoms with E-state index in [0.717, 1.165) is 11.3 Å². The summed E-state index contributed by atoms with van der Waals surface area (Å²) in [6.07, 6.45) is -0.0594. The van der Waals surface area contributed by atoms with Gasteiger partial charge < -0.3 is 14.8 Å². The Labute approximate surface area is 175 Å². The van der Waals surface area contributed by atoms with Crippen LogP contribution < -0.4 is 10.1 Å². The molecular formula is C19H20ClF3N2O3S. The molecule has 1 aliphatic heterocycles. The molecule has 1 aromatic carbocycles. The van der Waals surface area contributed by atoms with Gasteiger partial charge in [0.05, 0.1) is 18.8 Å². The van der Waals surface area contributed by atoms with Gasteiger partial charge in [0.2, 0.25) is 0 Å². The Bertz CT molecular complexity index is 832. The number of carbonyl (C=O) groups is 1. The zero-order valence-corrected chi connectivity index (χ0v) is 17.1. The Morgan fingerprint density at radius 2 is 2.24 bits per heavy atom. The van der Waals surface area contributed by atoms with E-state index in [-0.39, 0.29) is 33.9 Å². The van der Waals surface area contributed by atoms with Crippen LogP contribution in [0.2, 0.25) is 5.02 Å². The number of halogens is 4. The Hall–Kier alpha value is -1.81. The van der Waals surface area contributed by atoms with Crippen LogP contribution in [0.5, 0.6) is 5.75 Å². The molecule has 29 heavy (non-hydrogen) atoms. The first-order chi connectivity index (χ1) is 13.9. The standard InChI is InChI=1S/C19H20ClF3N2O3S/c1-11-10-25(6-7-27-11)14(16-12(20)3-2-4-13(16)21)9-24-18(26)17-15(5-8-29-17)28-19(22)23/h2-5,8,11,14,19H,6-7,9-10H2,1H3,(H,24,26). The number of nitrogens with zero attached hydrogens (tertiary/aromatic N) is 1. The van der Waals surface area contributed by atoms with Crippen molar-refractivity contribution in [2.75, 3.05) is 26.2 Å². The quantitative estimate of drug-likeness (QED) is 0.685. The van der Waals surface area contributed by atoms with Crippen molar-refractivity contribution in [2.24, 2.45) is 0 Å². The van der Waals surface area contributed by atoms with Crippen LogP contribution in [0.4, 0.5) is 13.2 Å². The number of benzene rings is 1. The minimum Gasteiger partial charge on any atom is -0.433 e. The van der Waals surface area contributed by atoms with Crippen LogP contribution >= 0.6 is 22.9 Å². The second-order valence-electron chi connectivity index (χ2n) is 6.53. The van der Waals surface area contributed by atoms with E-state index in [1.165, 1.54) is 23.6 Å². The second kappa shape index (κ2) is 9.80. The van der Waals surface area contributed by atoms with E-state index in [4.69, 9.17) is 16.3 Å². The van der Waals surface area contributed by atoms with Crippen molar-refractivity contribution >= 4 is 28.8 Å². The van der Waals surface area contributed by atoms with Gasteiger partial charge in [0.1, 0.15) is 16.4 Å². The molecule has 1 saturated heterocycles. The van der Waals surface area contributed by atoms with Gasteiger partial charge in [0.15, 0.2) is 0 Å². The van der Waals surface area contributed by atoms with Crippen LogP contribution in [0.3, 0.4) is 0 Å². The second-order valence-corrected chi connectivity index (χ2v) is 7.85. The molecule has 1 amide bonds. The maximum atomic E-state index is 14.6. The highest BCUT2D eigenvalue weighted by Crippen LogP contribution is 2.32. The van der Waals surface area contributed by atoms with Crippen molar-refractivity contribution in [3.63, 3.8) is 0 Å². The molecule has 1 N–H and O–H groups in total. The highest BCUT2D eigenvalue weighted by atomic mass is 35.5. The fraction of sp³-hybridized carbons (Fsp3) is 0.421. The summed E-state index contributed by atoms with van der Waals surface area (Å²) in [4.78, 5) is 14.6. The lowest BCUT2D eigenvalue weighted by atomic mass is 10.0. The molecule has 0 spiro atoms. The first kappa shape index (κ1) is 21.9. The SMILES string of the molecule is CC1CN(C(CNC(=O)c2sccc2OC(F)F)c2c(F)cccc2Cl)CCO1. The molecule has 0 aliphatic carbocycles. The highest BCUT2D eigenvalue weighted by Gasteiger charge is 2.30. The number of hydrogen-bond donors (Lipinski definition) is 1. The Kier molecular flexibility index (Phi) is 7.39. The van der Waals surface area contributed by atoms with E-state index >= 15 is 0 Å². The number of amides is 1. The lowest BCUT2D eigenvalue weighted by Gasteiger charge is -2.38. The van der Waals surface area contributed by atoms with Crippen LogP contribution in [-0.2, 0) is 4.74 Å². The number of alkyl halides is 2. The maximum absolute atomic E-state index is 14.6. The molecule has 0 radical (unpaired) electrons. The number of nitrogens with one attached hydrogen (secondary N) is 1. The number of hydrogen-bond acceptors (Lipinski definition) is 5. The van der Waals surface area contributed by atoms with Gasteiger partial charge in [0, 0.05) is 30.2 Å². The Morgan fingerprint density at radius 3 is 2.93 bits per heavy atom. The molecule has 1 aromatic heterocycles. The van der Waals surface area contributed by atoms with Crippen LogP contribution in [0.25, 0.3) is 0 Å². The molecule has 1 aliphatic rings. The average Bonchev–Trinajstić information content (AvgIpc) is 3.11. The molecule has 2 aromatic rings. The third kappa shape index (κ3) is 5.42. The maximum Gasteiger partial charge on any atom is 0.387 e. The van der Waals surface area contributed by atoms with Crippen LogP contribution in [0.15, 0.2) is 29.6 Å². The predicted octanol–water partition coefficient (Wildman–Crippen LogP) is 4.33. The zero-order chi connectivity index (χ0) is 21.0. The Balaban J connectivity index is 1.80. The van der Waals surface area contributed by atoms with Crippen LogP contribution in [-0.4, -0.2) is 49.8 Å². The monoisotopic (exact) mass is 448 g/mol. The van der Waals surface area contributed by atoms with Crippen molar-refractivity contribution in [3.8, 4) is 5.75 Å². The Morgan fingerprint density at radius 1 is 1.45 bits per heavy atom. The smallest absolute Gasteiger partial charge is 0.387 e. The average molecular weight is 449 g/mol. The lowest BCUT2D eigenvalue weighted by molar-refractivity contribution is -0.0498. The van der Waals surface area contributed by atoms with Crippen molar-refractivity contribution in [3.05, 3.63) is 50.9 Å². The van der Waals surface area contributed by atoms with Crippen molar-refractivity contribution in [1.29, 1.82) is 0 Å². The van der Waals surface area contributed by atoms with Crippen molar-refractivity contribution < 1.29 is 27.4 Å². The summed E-state index contributed by atoms with van der Waals surface area (Å²) in [7, 11) is 0. The zero-order valence-electron chi connectivity index (χ0n) is 15.5. The summed E-state index contributed by atoms with van der Waals surface area (Å²) >= 11 is 7.25. The van der Waals surface area contributed by atoms with E-state index in [1.807, 2.05) is 11.8 Å². The summed E-state index contributed by atoms with van der Waals surface area (Å²) in [5.41, 5.74) is 0.277. The summed E-state index contributed by atoms with van der Waals surface area (Å²) in [6, 6.07) is 5.18. The molecule has 5 nitrogen and oxygen atoms in total.